The van der Waals surface area contributed by atoms with Crippen molar-refractivity contribution in [2.24, 2.45) is 10.9 Å². The summed E-state index contributed by atoms with van der Waals surface area (Å²) in [5.74, 6) is 2.57. The summed E-state index contributed by atoms with van der Waals surface area (Å²) in [4.78, 5) is 10.1. The molecule has 0 atom stereocenters. The third-order valence-corrected chi connectivity index (χ3v) is 5.25. The van der Waals surface area contributed by atoms with Crippen LogP contribution in [0.1, 0.15) is 18.4 Å². The van der Waals surface area contributed by atoms with Gasteiger partial charge in [0.1, 0.15) is 11.7 Å². The van der Waals surface area contributed by atoms with E-state index in [1.165, 1.54) is 5.70 Å². The van der Waals surface area contributed by atoms with Crippen molar-refractivity contribution in [3.8, 4) is 0 Å². The van der Waals surface area contributed by atoms with Gasteiger partial charge in [-0.25, -0.2) is 10.0 Å². The van der Waals surface area contributed by atoms with Gasteiger partial charge in [0.2, 0.25) is 0 Å². The molecule has 0 unspecified atom stereocenters. The zero-order valence-electron chi connectivity index (χ0n) is 14.4. The predicted molar refractivity (Wildman–Crippen MR) is 103 cm³/mol. The fraction of sp³-hybridized carbons (Fsp3) is 0.444. The maximum absolute atomic E-state index is 4.89. The van der Waals surface area contributed by atoms with E-state index in [0.717, 1.165) is 54.6 Å². The normalized spacial score (nSPS) is 23.7. The minimum atomic E-state index is 0.548. The van der Waals surface area contributed by atoms with Crippen molar-refractivity contribution in [3.63, 3.8) is 0 Å². The molecule has 1 aromatic heterocycles. The van der Waals surface area contributed by atoms with Gasteiger partial charge in [-0.15, -0.1) is 12.6 Å². The molecule has 2 N–H and O–H groups in total. The number of hydrazine groups is 1. The molecular formula is C18H24N6S. The monoisotopic (exact) mass is 356 g/mol. The van der Waals surface area contributed by atoms with E-state index in [1.54, 1.807) is 6.20 Å². The number of rotatable bonds is 3. The van der Waals surface area contributed by atoms with Crippen LogP contribution >= 0.6 is 12.6 Å². The lowest BCUT2D eigenvalue weighted by Crippen LogP contribution is -2.46. The van der Waals surface area contributed by atoms with Crippen molar-refractivity contribution in [2.75, 3.05) is 26.7 Å². The molecule has 0 amide bonds. The molecule has 0 saturated carbocycles. The van der Waals surface area contributed by atoms with E-state index in [2.05, 4.69) is 57.5 Å². The minimum absolute atomic E-state index is 0.548. The largest absolute Gasteiger partial charge is 0.343 e. The van der Waals surface area contributed by atoms with Crippen LogP contribution < -0.4 is 10.6 Å². The highest BCUT2D eigenvalue weighted by molar-refractivity contribution is 7.84. The van der Waals surface area contributed by atoms with Gasteiger partial charge in [-0.05, 0) is 37.6 Å². The first-order chi connectivity index (χ1) is 12.2. The van der Waals surface area contributed by atoms with E-state index in [1.807, 2.05) is 12.3 Å². The molecule has 4 rings (SSSR count). The number of thiol groups is 1. The molecule has 3 aliphatic heterocycles. The van der Waals surface area contributed by atoms with Crippen LogP contribution in [0.3, 0.4) is 0 Å². The van der Waals surface area contributed by atoms with Crippen LogP contribution in [0.25, 0.3) is 0 Å². The number of allylic oxidation sites excluding steroid dienone is 1. The van der Waals surface area contributed by atoms with E-state index in [0.29, 0.717) is 12.5 Å². The molecule has 25 heavy (non-hydrogen) atoms. The number of piperidine rings is 1. The number of likely N-dealkylation sites (N-methyl/N-ethyl adjacent to an activating group) is 1. The Bertz CT molecular complexity index is 720. The van der Waals surface area contributed by atoms with Crippen LogP contribution in [0.15, 0.2) is 52.0 Å². The maximum Gasteiger partial charge on any atom is 0.146 e. The second-order valence-corrected chi connectivity index (χ2v) is 7.25. The summed E-state index contributed by atoms with van der Waals surface area (Å²) in [5.41, 5.74) is 2.38. The quantitative estimate of drug-likeness (QED) is 0.720. The number of aromatic nitrogens is 1. The van der Waals surface area contributed by atoms with Crippen molar-refractivity contribution < 1.29 is 0 Å². The first-order valence-electron chi connectivity index (χ1n) is 8.78. The number of fused-ring (bicyclic) bond motifs is 1. The Balaban J connectivity index is 1.65. The molecule has 0 radical (unpaired) electrons. The topological polar surface area (TPSA) is 55.8 Å². The second-order valence-electron chi connectivity index (χ2n) is 6.71. The zero-order valence-corrected chi connectivity index (χ0v) is 15.3. The second kappa shape index (κ2) is 7.19. The van der Waals surface area contributed by atoms with Crippen molar-refractivity contribution in [1.29, 1.82) is 0 Å². The Kier molecular flexibility index (Phi) is 4.78. The van der Waals surface area contributed by atoms with Gasteiger partial charge < -0.3 is 10.6 Å². The highest BCUT2D eigenvalue weighted by Gasteiger charge is 2.34. The molecule has 1 saturated heterocycles. The van der Waals surface area contributed by atoms with Gasteiger partial charge in [-0.2, -0.15) is 0 Å². The average Bonchev–Trinajstić information content (AvgIpc) is 2.95. The highest BCUT2D eigenvalue weighted by Crippen LogP contribution is 2.31. The molecule has 0 aliphatic carbocycles. The summed E-state index contributed by atoms with van der Waals surface area (Å²) >= 11 is 4.69. The Morgan fingerprint density at radius 2 is 2.20 bits per heavy atom. The first-order valence-corrected chi connectivity index (χ1v) is 9.23. The Labute approximate surface area is 154 Å². The van der Waals surface area contributed by atoms with Crippen LogP contribution in [-0.2, 0) is 6.54 Å². The van der Waals surface area contributed by atoms with Crippen molar-refractivity contribution >= 4 is 18.5 Å². The van der Waals surface area contributed by atoms with Gasteiger partial charge in [-0.1, -0.05) is 6.07 Å². The standard InChI is InChI=1S/C18H24N6S/c1-23-12-16(25)18-22-15(14-4-7-19-8-5-14)9-17(24(18)23)21-11-13-3-2-6-20-10-13/h2-3,6,9-10,14,19,22,25H,4-5,7-8,11-12H2,1H3. The number of hydrogen-bond donors (Lipinski definition) is 3. The lowest BCUT2D eigenvalue weighted by atomic mass is 9.93. The molecular weight excluding hydrogens is 332 g/mol. The summed E-state index contributed by atoms with van der Waals surface area (Å²) in [6.07, 6.45) is 8.17. The summed E-state index contributed by atoms with van der Waals surface area (Å²) in [6, 6.07) is 4.01. The van der Waals surface area contributed by atoms with Gasteiger partial charge >= 0.3 is 0 Å². The van der Waals surface area contributed by atoms with Crippen molar-refractivity contribution in [3.05, 3.63) is 52.6 Å². The smallest absolute Gasteiger partial charge is 0.146 e. The molecule has 1 fully saturated rings. The van der Waals surface area contributed by atoms with Gasteiger partial charge in [0, 0.05) is 42.0 Å². The SMILES string of the molecule is CN1CC(S)=C2NC(C3CCNCC3)=CC(=NCc3cccnc3)N21. The molecule has 4 heterocycles. The third kappa shape index (κ3) is 3.44. The summed E-state index contributed by atoms with van der Waals surface area (Å²) in [7, 11) is 2.06. The van der Waals surface area contributed by atoms with Gasteiger partial charge in [0.05, 0.1) is 13.1 Å². The summed E-state index contributed by atoms with van der Waals surface area (Å²) < 4.78 is 0. The maximum atomic E-state index is 4.89. The van der Waals surface area contributed by atoms with Gasteiger partial charge in [-0.3, -0.25) is 9.98 Å². The molecule has 132 valence electrons. The number of aliphatic imine (C=N–C) groups is 1. The van der Waals surface area contributed by atoms with Crippen molar-refractivity contribution in [2.45, 2.75) is 19.4 Å². The highest BCUT2D eigenvalue weighted by atomic mass is 32.1. The Morgan fingerprint density at radius 1 is 1.36 bits per heavy atom. The number of amidine groups is 1. The van der Waals surface area contributed by atoms with E-state index in [9.17, 15) is 0 Å². The van der Waals surface area contributed by atoms with Crippen LogP contribution in [-0.4, -0.2) is 47.5 Å². The number of hydrogen-bond acceptors (Lipinski definition) is 6. The molecule has 0 spiro atoms. The van der Waals surface area contributed by atoms with Gasteiger partial charge in [0.25, 0.3) is 0 Å². The summed E-state index contributed by atoms with van der Waals surface area (Å²) in [6.45, 7) is 3.56. The Hall–Kier alpha value is -1.83. The third-order valence-electron chi connectivity index (χ3n) is 4.89. The number of nitrogens with zero attached hydrogens (tertiary/aromatic N) is 4. The zero-order chi connectivity index (χ0) is 17.2. The lowest BCUT2D eigenvalue weighted by molar-refractivity contribution is 0.145. The van der Waals surface area contributed by atoms with E-state index in [-0.39, 0.29) is 0 Å². The fourth-order valence-electron chi connectivity index (χ4n) is 3.57. The molecule has 3 aliphatic rings. The first kappa shape index (κ1) is 16.6. The number of pyridine rings is 1. The molecule has 0 aromatic carbocycles. The molecule has 1 aromatic rings. The predicted octanol–water partition coefficient (Wildman–Crippen LogP) is 1.73. The van der Waals surface area contributed by atoms with Crippen molar-refractivity contribution in [1.82, 2.24) is 25.6 Å². The van der Waals surface area contributed by atoms with Crippen LogP contribution in [0.5, 0.6) is 0 Å². The van der Waals surface area contributed by atoms with Gasteiger partial charge in [0.15, 0.2) is 0 Å². The van der Waals surface area contributed by atoms with Crippen LogP contribution in [0, 0.1) is 5.92 Å². The minimum Gasteiger partial charge on any atom is -0.343 e. The Morgan fingerprint density at radius 3 is 2.96 bits per heavy atom. The molecule has 6 nitrogen and oxygen atoms in total. The van der Waals surface area contributed by atoms with E-state index in [4.69, 9.17) is 4.99 Å². The number of nitrogens with one attached hydrogen (secondary N) is 2. The van der Waals surface area contributed by atoms with E-state index < -0.39 is 0 Å². The van der Waals surface area contributed by atoms with E-state index >= 15 is 0 Å². The molecule has 0 bridgehead atoms. The fourth-order valence-corrected chi connectivity index (χ4v) is 3.93. The summed E-state index contributed by atoms with van der Waals surface area (Å²) in [5, 5.41) is 11.3. The van der Waals surface area contributed by atoms with Crippen LogP contribution in [0.4, 0.5) is 0 Å². The average molecular weight is 356 g/mol. The lowest BCUT2D eigenvalue weighted by Gasteiger charge is -2.36. The molecule has 7 heteroatoms. The van der Waals surface area contributed by atoms with Crippen LogP contribution in [0.2, 0.25) is 0 Å².